The van der Waals surface area contributed by atoms with E-state index in [1.807, 2.05) is 10.8 Å². The smallest absolute Gasteiger partial charge is 0.130 e. The van der Waals surface area contributed by atoms with Crippen LogP contribution in [0.4, 0.5) is 0 Å². The number of hydrogen-bond donors (Lipinski definition) is 0. The van der Waals surface area contributed by atoms with E-state index in [0.717, 1.165) is 6.29 Å². The third-order valence-corrected chi connectivity index (χ3v) is 4.10. The normalized spacial score (nSPS) is 10.2. The molecule has 0 aromatic heterocycles. The highest BCUT2D eigenvalue weighted by Gasteiger charge is 1.91. The minimum absolute atomic E-state index is 0.639. The third kappa shape index (κ3) is 12.4. The van der Waals surface area contributed by atoms with E-state index < -0.39 is 0 Å². The lowest BCUT2D eigenvalue weighted by molar-refractivity contribution is -0.105. The van der Waals surface area contributed by atoms with Gasteiger partial charge in [-0.15, -0.1) is 0 Å². The van der Waals surface area contributed by atoms with Crippen molar-refractivity contribution in [1.82, 2.24) is 0 Å². The summed E-state index contributed by atoms with van der Waals surface area (Å²) in [5, 5.41) is 0. The highest BCUT2D eigenvalue weighted by atomic mass is 33.1. The Morgan fingerprint density at radius 2 is 1.69 bits per heavy atom. The zero-order valence-corrected chi connectivity index (χ0v) is 10.1. The first-order valence-corrected chi connectivity index (χ1v) is 7.58. The molecular weight excluding hydrogens is 200 g/mol. The van der Waals surface area contributed by atoms with E-state index in [2.05, 4.69) is 6.92 Å². The van der Waals surface area contributed by atoms with Gasteiger partial charge in [0, 0.05) is 5.75 Å². The summed E-state index contributed by atoms with van der Waals surface area (Å²) >= 11 is 0. The molecule has 0 aliphatic carbocycles. The molecule has 0 aromatic carbocycles. The van der Waals surface area contributed by atoms with E-state index >= 15 is 0 Å². The van der Waals surface area contributed by atoms with Crippen LogP contribution in [0, 0.1) is 0 Å². The topological polar surface area (TPSA) is 17.1 Å². The molecule has 0 heterocycles. The molecule has 0 atom stereocenters. The third-order valence-electron chi connectivity index (χ3n) is 1.80. The van der Waals surface area contributed by atoms with Gasteiger partial charge in [0.15, 0.2) is 0 Å². The first-order chi connectivity index (χ1) is 6.41. The van der Waals surface area contributed by atoms with Crippen LogP contribution in [0.15, 0.2) is 0 Å². The predicted molar refractivity (Wildman–Crippen MR) is 64.4 cm³/mol. The predicted octanol–water partition coefficient (Wildman–Crippen LogP) is 3.93. The fourth-order valence-corrected chi connectivity index (χ4v) is 2.83. The number of carbonyl (C=O) groups is 1. The molecule has 0 unspecified atom stereocenters. The van der Waals surface area contributed by atoms with E-state index in [4.69, 9.17) is 0 Å². The van der Waals surface area contributed by atoms with Crippen LogP contribution >= 0.6 is 21.6 Å². The summed E-state index contributed by atoms with van der Waals surface area (Å²) in [6.45, 7) is 2.24. The maximum atomic E-state index is 9.98. The molecule has 0 N–H and O–H groups in total. The van der Waals surface area contributed by atoms with Crippen molar-refractivity contribution in [2.75, 3.05) is 11.5 Å². The zero-order valence-electron chi connectivity index (χ0n) is 8.46. The molecule has 0 saturated heterocycles. The number of carbonyl (C=O) groups excluding carboxylic acids is 1. The average Bonchev–Trinajstić information content (AvgIpc) is 2.16. The van der Waals surface area contributed by atoms with E-state index in [0.29, 0.717) is 5.75 Å². The standard InChI is InChI=1S/C10H20OS2/c1-2-3-4-5-6-7-9-12-13-10-8-11/h8H,2-7,9-10H2,1H3. The van der Waals surface area contributed by atoms with Crippen LogP contribution in [0.1, 0.15) is 45.4 Å². The van der Waals surface area contributed by atoms with Crippen LogP contribution in [0.3, 0.4) is 0 Å². The summed E-state index contributed by atoms with van der Waals surface area (Å²) in [5.41, 5.74) is 0. The van der Waals surface area contributed by atoms with Crippen LogP contribution in [0.2, 0.25) is 0 Å². The molecule has 0 aromatic rings. The van der Waals surface area contributed by atoms with Crippen molar-refractivity contribution >= 4 is 27.9 Å². The van der Waals surface area contributed by atoms with Crippen LogP contribution in [-0.4, -0.2) is 17.8 Å². The van der Waals surface area contributed by atoms with Crippen LogP contribution in [0.5, 0.6) is 0 Å². The summed E-state index contributed by atoms with van der Waals surface area (Å²) in [4.78, 5) is 9.98. The van der Waals surface area contributed by atoms with E-state index in [9.17, 15) is 4.79 Å². The van der Waals surface area contributed by atoms with Gasteiger partial charge < -0.3 is 4.79 Å². The second-order valence-corrected chi connectivity index (χ2v) is 5.67. The van der Waals surface area contributed by atoms with Gasteiger partial charge in [-0.2, -0.15) is 0 Å². The molecule has 0 aliphatic heterocycles. The van der Waals surface area contributed by atoms with Crippen molar-refractivity contribution in [3.8, 4) is 0 Å². The van der Waals surface area contributed by atoms with Gasteiger partial charge in [-0.3, -0.25) is 0 Å². The average molecular weight is 220 g/mol. The van der Waals surface area contributed by atoms with Crippen molar-refractivity contribution in [2.45, 2.75) is 45.4 Å². The van der Waals surface area contributed by atoms with Crippen LogP contribution in [0.25, 0.3) is 0 Å². The monoisotopic (exact) mass is 220 g/mol. The first kappa shape index (κ1) is 13.4. The molecule has 0 amide bonds. The summed E-state index contributed by atoms with van der Waals surface area (Å²) in [6.07, 6.45) is 9.11. The lowest BCUT2D eigenvalue weighted by Gasteiger charge is -1.99. The van der Waals surface area contributed by atoms with E-state index in [1.165, 1.54) is 44.3 Å². The van der Waals surface area contributed by atoms with E-state index in [1.54, 1.807) is 10.8 Å². The highest BCUT2D eigenvalue weighted by molar-refractivity contribution is 8.76. The fraction of sp³-hybridized carbons (Fsp3) is 0.900. The van der Waals surface area contributed by atoms with Gasteiger partial charge >= 0.3 is 0 Å². The molecule has 0 radical (unpaired) electrons. The Morgan fingerprint density at radius 1 is 1.00 bits per heavy atom. The van der Waals surface area contributed by atoms with Crippen molar-refractivity contribution in [2.24, 2.45) is 0 Å². The molecular formula is C10H20OS2. The van der Waals surface area contributed by atoms with Crippen molar-refractivity contribution < 1.29 is 4.79 Å². The number of hydrogen-bond acceptors (Lipinski definition) is 3. The molecule has 0 bridgehead atoms. The Morgan fingerprint density at radius 3 is 2.38 bits per heavy atom. The van der Waals surface area contributed by atoms with Crippen molar-refractivity contribution in [1.29, 1.82) is 0 Å². The summed E-state index contributed by atoms with van der Waals surface area (Å²) in [5.74, 6) is 1.84. The lowest BCUT2D eigenvalue weighted by Crippen LogP contribution is -1.81. The molecule has 0 spiro atoms. The van der Waals surface area contributed by atoms with Crippen molar-refractivity contribution in [3.05, 3.63) is 0 Å². The quantitative estimate of drug-likeness (QED) is 0.315. The second kappa shape index (κ2) is 12.4. The van der Waals surface area contributed by atoms with Gasteiger partial charge in [-0.1, -0.05) is 60.6 Å². The molecule has 78 valence electrons. The maximum Gasteiger partial charge on any atom is 0.130 e. The number of rotatable bonds is 10. The Labute approximate surface area is 89.8 Å². The molecule has 1 nitrogen and oxygen atoms in total. The number of aldehydes is 1. The van der Waals surface area contributed by atoms with Gasteiger partial charge in [0.1, 0.15) is 6.29 Å². The Balaban J connectivity index is 2.79. The molecule has 0 rings (SSSR count). The minimum Gasteiger partial charge on any atom is -0.302 e. The first-order valence-electron chi connectivity index (χ1n) is 5.10. The summed E-state index contributed by atoms with van der Waals surface area (Å²) < 4.78 is 0. The molecule has 0 saturated carbocycles. The summed E-state index contributed by atoms with van der Waals surface area (Å²) in [6, 6.07) is 0. The Bertz CT molecular complexity index is 107. The van der Waals surface area contributed by atoms with Gasteiger partial charge in [0.05, 0.1) is 5.75 Å². The molecule has 0 aliphatic rings. The highest BCUT2D eigenvalue weighted by Crippen LogP contribution is 2.21. The van der Waals surface area contributed by atoms with Gasteiger partial charge in [0.25, 0.3) is 0 Å². The minimum atomic E-state index is 0.639. The van der Waals surface area contributed by atoms with Gasteiger partial charge in [-0.05, 0) is 6.42 Å². The fourth-order valence-electron chi connectivity index (χ4n) is 1.08. The molecule has 0 fully saturated rings. The molecule has 13 heavy (non-hydrogen) atoms. The maximum absolute atomic E-state index is 9.98. The van der Waals surface area contributed by atoms with Crippen LogP contribution < -0.4 is 0 Å². The van der Waals surface area contributed by atoms with E-state index in [-0.39, 0.29) is 0 Å². The van der Waals surface area contributed by atoms with Gasteiger partial charge in [0.2, 0.25) is 0 Å². The zero-order chi connectivity index (χ0) is 9.78. The molecule has 3 heteroatoms. The second-order valence-electron chi connectivity index (χ2n) is 3.04. The summed E-state index contributed by atoms with van der Waals surface area (Å²) in [7, 11) is 3.50. The number of unbranched alkanes of at least 4 members (excludes halogenated alkanes) is 5. The SMILES string of the molecule is CCCCCCCCSSCC=O. The van der Waals surface area contributed by atoms with Crippen LogP contribution in [-0.2, 0) is 4.79 Å². The Hall–Kier alpha value is 0.370. The van der Waals surface area contributed by atoms with Gasteiger partial charge in [-0.25, -0.2) is 0 Å². The Kier molecular flexibility index (Phi) is 12.7. The largest absolute Gasteiger partial charge is 0.302 e. The lowest BCUT2D eigenvalue weighted by atomic mass is 10.1. The van der Waals surface area contributed by atoms with Crippen molar-refractivity contribution in [3.63, 3.8) is 0 Å².